The number of hydrogen-bond acceptors (Lipinski definition) is 2. The summed E-state index contributed by atoms with van der Waals surface area (Å²) < 4.78 is 5.47. The molecule has 66 valence electrons. The first-order valence-electron chi connectivity index (χ1n) is 3.92. The highest BCUT2D eigenvalue weighted by Gasteiger charge is 2.20. The maximum Gasteiger partial charge on any atom is 0.204 e. The van der Waals surface area contributed by atoms with Gasteiger partial charge in [-0.2, -0.15) is 0 Å². The molecule has 0 aliphatic carbocycles. The number of carbonyl (C=O) groups excluding carboxylic acids is 1. The summed E-state index contributed by atoms with van der Waals surface area (Å²) in [5, 5.41) is 0. The predicted molar refractivity (Wildman–Crippen MR) is 44.1 cm³/mol. The SMILES string of the molecule is CC1(C)CCCCO1.NC=O. The van der Waals surface area contributed by atoms with Gasteiger partial charge < -0.3 is 10.5 Å². The molecule has 1 saturated heterocycles. The first-order valence-corrected chi connectivity index (χ1v) is 3.92. The van der Waals surface area contributed by atoms with Crippen LogP contribution in [0.15, 0.2) is 0 Å². The summed E-state index contributed by atoms with van der Waals surface area (Å²) in [5.41, 5.74) is 4.35. The third-order valence-corrected chi connectivity index (χ3v) is 1.67. The Kier molecular flexibility index (Phi) is 4.86. The van der Waals surface area contributed by atoms with Gasteiger partial charge in [-0.3, -0.25) is 4.79 Å². The zero-order chi connectivity index (χ0) is 8.74. The lowest BCUT2D eigenvalue weighted by molar-refractivity contribution is -0.106. The van der Waals surface area contributed by atoms with Gasteiger partial charge in [0.15, 0.2) is 0 Å². The van der Waals surface area contributed by atoms with Crippen molar-refractivity contribution in [1.82, 2.24) is 0 Å². The first kappa shape index (κ1) is 10.4. The van der Waals surface area contributed by atoms with Gasteiger partial charge in [-0.05, 0) is 33.1 Å². The second kappa shape index (κ2) is 5.13. The van der Waals surface area contributed by atoms with E-state index in [-0.39, 0.29) is 12.0 Å². The van der Waals surface area contributed by atoms with E-state index < -0.39 is 0 Å². The van der Waals surface area contributed by atoms with Crippen molar-refractivity contribution < 1.29 is 9.53 Å². The van der Waals surface area contributed by atoms with Crippen LogP contribution in [0.3, 0.4) is 0 Å². The molecule has 1 aliphatic heterocycles. The van der Waals surface area contributed by atoms with Crippen molar-refractivity contribution in [3.8, 4) is 0 Å². The smallest absolute Gasteiger partial charge is 0.204 e. The van der Waals surface area contributed by atoms with Crippen LogP contribution in [0.1, 0.15) is 33.1 Å². The van der Waals surface area contributed by atoms with Crippen LogP contribution >= 0.6 is 0 Å². The van der Waals surface area contributed by atoms with Gasteiger partial charge in [-0.15, -0.1) is 0 Å². The lowest BCUT2D eigenvalue weighted by Crippen LogP contribution is -2.28. The van der Waals surface area contributed by atoms with Crippen LogP contribution in [0, 0.1) is 0 Å². The summed E-state index contributed by atoms with van der Waals surface area (Å²) in [4.78, 5) is 8.58. The number of hydrogen-bond donors (Lipinski definition) is 1. The van der Waals surface area contributed by atoms with Crippen molar-refractivity contribution in [2.75, 3.05) is 6.61 Å². The predicted octanol–water partition coefficient (Wildman–Crippen LogP) is 1.07. The van der Waals surface area contributed by atoms with E-state index in [0.717, 1.165) is 6.61 Å². The molecule has 1 fully saturated rings. The van der Waals surface area contributed by atoms with Gasteiger partial charge in [0.2, 0.25) is 6.41 Å². The monoisotopic (exact) mass is 159 g/mol. The van der Waals surface area contributed by atoms with Crippen molar-refractivity contribution in [1.29, 1.82) is 0 Å². The summed E-state index contributed by atoms with van der Waals surface area (Å²) in [5.74, 6) is 0. The molecule has 0 bridgehead atoms. The molecule has 11 heavy (non-hydrogen) atoms. The standard InChI is InChI=1S/C7H14O.CH3NO/c1-7(2)5-3-4-6-8-7;2-1-3/h3-6H2,1-2H3;1H,(H2,2,3). The average molecular weight is 159 g/mol. The molecule has 0 radical (unpaired) electrons. The van der Waals surface area contributed by atoms with Crippen LogP contribution in [0.2, 0.25) is 0 Å². The molecule has 1 amide bonds. The molecule has 0 atom stereocenters. The normalized spacial score (nSPS) is 21.3. The Morgan fingerprint density at radius 2 is 2.00 bits per heavy atom. The second-order valence-electron chi connectivity index (χ2n) is 3.20. The van der Waals surface area contributed by atoms with Crippen molar-refractivity contribution in [3.05, 3.63) is 0 Å². The minimum Gasteiger partial charge on any atom is -0.376 e. The molecule has 0 saturated carbocycles. The summed E-state index contributed by atoms with van der Waals surface area (Å²) in [6, 6.07) is 0. The second-order valence-corrected chi connectivity index (χ2v) is 3.20. The maximum atomic E-state index is 8.58. The van der Waals surface area contributed by atoms with Crippen LogP contribution in [-0.2, 0) is 9.53 Å². The molecule has 1 heterocycles. The van der Waals surface area contributed by atoms with Gasteiger partial charge in [0.1, 0.15) is 0 Å². The number of rotatable bonds is 0. The molecule has 2 N–H and O–H groups in total. The van der Waals surface area contributed by atoms with Gasteiger partial charge in [-0.1, -0.05) is 0 Å². The number of nitrogens with two attached hydrogens (primary N) is 1. The molecule has 3 heteroatoms. The molecular weight excluding hydrogens is 142 g/mol. The van der Waals surface area contributed by atoms with Crippen molar-refractivity contribution in [3.63, 3.8) is 0 Å². The number of ether oxygens (including phenoxy) is 1. The molecule has 3 nitrogen and oxygen atoms in total. The fourth-order valence-corrected chi connectivity index (χ4v) is 1.07. The van der Waals surface area contributed by atoms with E-state index in [0.29, 0.717) is 0 Å². The van der Waals surface area contributed by atoms with Gasteiger partial charge in [0.05, 0.1) is 5.60 Å². The number of amides is 1. The summed E-state index contributed by atoms with van der Waals surface area (Å²) in [6.07, 6.45) is 4.07. The highest BCUT2D eigenvalue weighted by Crippen LogP contribution is 2.22. The van der Waals surface area contributed by atoms with Gasteiger partial charge in [0.25, 0.3) is 0 Å². The Hall–Kier alpha value is -0.570. The van der Waals surface area contributed by atoms with Crippen molar-refractivity contribution in [2.24, 2.45) is 5.73 Å². The van der Waals surface area contributed by atoms with E-state index >= 15 is 0 Å². The Morgan fingerprint density at radius 1 is 1.45 bits per heavy atom. The Labute approximate surface area is 67.9 Å². The molecular formula is C8H17NO2. The largest absolute Gasteiger partial charge is 0.376 e. The zero-order valence-electron chi connectivity index (χ0n) is 7.30. The highest BCUT2D eigenvalue weighted by atomic mass is 16.5. The molecule has 0 unspecified atom stereocenters. The molecule has 0 aromatic heterocycles. The molecule has 0 aromatic rings. The summed E-state index contributed by atoms with van der Waals surface area (Å²) in [7, 11) is 0. The van der Waals surface area contributed by atoms with E-state index in [9.17, 15) is 0 Å². The molecule has 1 aliphatic rings. The van der Waals surface area contributed by atoms with E-state index in [1.807, 2.05) is 0 Å². The van der Waals surface area contributed by atoms with E-state index in [4.69, 9.17) is 9.53 Å². The van der Waals surface area contributed by atoms with Gasteiger partial charge in [-0.25, -0.2) is 0 Å². The van der Waals surface area contributed by atoms with Crippen LogP contribution in [0.25, 0.3) is 0 Å². The fraction of sp³-hybridized carbons (Fsp3) is 0.875. The summed E-state index contributed by atoms with van der Waals surface area (Å²) >= 11 is 0. The van der Waals surface area contributed by atoms with Crippen LogP contribution in [0.5, 0.6) is 0 Å². The molecule has 1 rings (SSSR count). The van der Waals surface area contributed by atoms with Gasteiger partial charge >= 0.3 is 0 Å². The minimum atomic E-state index is 0.179. The van der Waals surface area contributed by atoms with E-state index in [2.05, 4.69) is 19.6 Å². The Morgan fingerprint density at radius 3 is 2.18 bits per heavy atom. The van der Waals surface area contributed by atoms with Crippen LogP contribution in [0.4, 0.5) is 0 Å². The zero-order valence-corrected chi connectivity index (χ0v) is 7.30. The minimum absolute atomic E-state index is 0.179. The maximum absolute atomic E-state index is 8.58. The highest BCUT2D eigenvalue weighted by molar-refractivity contribution is 5.42. The fourth-order valence-electron chi connectivity index (χ4n) is 1.07. The number of carbonyl (C=O) groups is 1. The van der Waals surface area contributed by atoms with E-state index in [1.165, 1.54) is 19.3 Å². The lowest BCUT2D eigenvalue weighted by Gasteiger charge is -2.29. The first-order chi connectivity index (χ1) is 5.12. The Balaban J connectivity index is 0.000000292. The van der Waals surface area contributed by atoms with Crippen molar-refractivity contribution >= 4 is 6.41 Å². The van der Waals surface area contributed by atoms with Crippen LogP contribution < -0.4 is 5.73 Å². The molecule has 0 aromatic carbocycles. The summed E-state index contributed by atoms with van der Waals surface area (Å²) in [6.45, 7) is 5.28. The topological polar surface area (TPSA) is 52.3 Å². The third kappa shape index (κ3) is 5.85. The third-order valence-electron chi connectivity index (χ3n) is 1.67. The lowest BCUT2D eigenvalue weighted by atomic mass is 9.99. The van der Waals surface area contributed by atoms with Crippen LogP contribution in [-0.4, -0.2) is 18.6 Å². The number of primary amides is 1. The van der Waals surface area contributed by atoms with Gasteiger partial charge in [0, 0.05) is 6.61 Å². The Bertz CT molecular complexity index is 105. The quantitative estimate of drug-likeness (QED) is 0.537. The average Bonchev–Trinajstić information content (AvgIpc) is 1.88. The molecule has 0 spiro atoms. The van der Waals surface area contributed by atoms with E-state index in [1.54, 1.807) is 0 Å². The van der Waals surface area contributed by atoms with Crippen molar-refractivity contribution in [2.45, 2.75) is 38.7 Å².